The first-order valence-electron chi connectivity index (χ1n) is 9.54. The number of para-hydroxylation sites is 1. The van der Waals surface area contributed by atoms with E-state index in [0.29, 0.717) is 5.84 Å². The Morgan fingerprint density at radius 2 is 1.69 bits per heavy atom. The predicted molar refractivity (Wildman–Crippen MR) is 112 cm³/mol. The summed E-state index contributed by atoms with van der Waals surface area (Å²) in [5, 5.41) is 7.86. The first-order valence-corrected chi connectivity index (χ1v) is 9.54. The van der Waals surface area contributed by atoms with Gasteiger partial charge in [0.1, 0.15) is 12.0 Å². The van der Waals surface area contributed by atoms with Gasteiger partial charge in [0.25, 0.3) is 0 Å². The fourth-order valence-electron chi connectivity index (χ4n) is 2.68. The second-order valence-electron chi connectivity index (χ2n) is 6.49. The summed E-state index contributed by atoms with van der Waals surface area (Å²) in [5.41, 5.74) is 4.13. The average molecular weight is 407 g/mol. The van der Waals surface area contributed by atoms with Crippen molar-refractivity contribution in [2.75, 3.05) is 32.5 Å². The molecule has 1 unspecified atom stereocenters. The molecule has 0 fully saturated rings. The second-order valence-corrected chi connectivity index (χ2v) is 6.49. The van der Waals surface area contributed by atoms with Gasteiger partial charge in [0.05, 0.1) is 5.56 Å². The maximum Gasteiger partial charge on any atom is 0.416 e. The average Bonchev–Trinajstić information content (AvgIpc) is 2.73. The van der Waals surface area contributed by atoms with Crippen molar-refractivity contribution >= 4 is 11.5 Å². The van der Waals surface area contributed by atoms with Crippen LogP contribution in [-0.4, -0.2) is 38.0 Å². The third-order valence-electron chi connectivity index (χ3n) is 4.42. The molecule has 2 aromatic carbocycles. The second kappa shape index (κ2) is 10.3. The van der Waals surface area contributed by atoms with Gasteiger partial charge >= 0.3 is 6.18 Å². The number of anilines is 1. The lowest BCUT2D eigenvalue weighted by Crippen LogP contribution is -2.41. The van der Waals surface area contributed by atoms with E-state index in [-0.39, 0.29) is 5.56 Å². The molecule has 0 radical (unpaired) electrons. The van der Waals surface area contributed by atoms with Crippen LogP contribution in [0.25, 0.3) is 0 Å². The molecule has 0 aliphatic carbocycles. The Morgan fingerprint density at radius 1 is 1.07 bits per heavy atom. The van der Waals surface area contributed by atoms with E-state index >= 15 is 0 Å². The topological polar surface area (TPSA) is 51.7 Å². The number of aliphatic imine (C=N–C) groups is 1. The largest absolute Gasteiger partial charge is 0.416 e. The molecule has 5 nitrogen and oxygen atoms in total. The first kappa shape index (κ1) is 22.7. The molecule has 1 atom stereocenters. The fourth-order valence-corrected chi connectivity index (χ4v) is 2.68. The minimum atomic E-state index is -4.43. The zero-order chi connectivity index (χ0) is 21.4. The summed E-state index contributed by atoms with van der Waals surface area (Å²) in [4.78, 5) is 4.51. The minimum Gasteiger partial charge on any atom is -0.359 e. The maximum absolute atomic E-state index is 13.4. The van der Waals surface area contributed by atoms with Crippen molar-refractivity contribution in [2.24, 2.45) is 4.99 Å². The van der Waals surface area contributed by atoms with Gasteiger partial charge in [-0.3, -0.25) is 0 Å². The molecule has 2 aromatic rings. The van der Waals surface area contributed by atoms with E-state index in [9.17, 15) is 13.2 Å². The SMILES string of the molecule is CCN(C)NC1=NC(c2ccccc2C(F)(F)F)Nc2ccccc21.CCNC. The van der Waals surface area contributed by atoms with Crippen molar-refractivity contribution < 1.29 is 13.2 Å². The quantitative estimate of drug-likeness (QED) is 0.663. The van der Waals surface area contributed by atoms with Crippen molar-refractivity contribution in [1.29, 1.82) is 0 Å². The Bertz CT molecular complexity index is 818. The molecular formula is C21H28F3N5. The number of benzene rings is 2. The van der Waals surface area contributed by atoms with Crippen LogP contribution < -0.4 is 16.1 Å². The van der Waals surface area contributed by atoms with Crippen LogP contribution in [0.1, 0.15) is 36.7 Å². The van der Waals surface area contributed by atoms with Crippen molar-refractivity contribution in [3.05, 3.63) is 65.2 Å². The standard InChI is InChI=1S/C18H19F3N4.C3H9N/c1-3-25(2)24-17-13-9-5-7-11-15(13)22-16(23-17)12-8-4-6-10-14(12)18(19,20)21;1-3-4-2/h4-11,16,22H,3H2,1-2H3,(H,23,24);4H,3H2,1-2H3. The summed E-state index contributed by atoms with van der Waals surface area (Å²) in [5.74, 6) is 0.542. The lowest BCUT2D eigenvalue weighted by atomic mass is 10.0. The third kappa shape index (κ3) is 5.95. The van der Waals surface area contributed by atoms with Gasteiger partial charge < -0.3 is 16.1 Å². The fraction of sp³-hybridized carbons (Fsp3) is 0.381. The molecule has 29 heavy (non-hydrogen) atoms. The summed E-state index contributed by atoms with van der Waals surface area (Å²) in [6.45, 7) is 5.83. The Hall–Kier alpha value is -2.58. The van der Waals surface area contributed by atoms with E-state index in [1.54, 1.807) is 6.07 Å². The van der Waals surface area contributed by atoms with Crippen LogP contribution in [0.2, 0.25) is 0 Å². The first-order chi connectivity index (χ1) is 13.8. The number of hydrogen-bond donors (Lipinski definition) is 3. The van der Waals surface area contributed by atoms with Gasteiger partial charge in [0, 0.05) is 30.4 Å². The van der Waals surface area contributed by atoms with Crippen LogP contribution in [0.3, 0.4) is 0 Å². The van der Waals surface area contributed by atoms with Gasteiger partial charge in [0.15, 0.2) is 0 Å². The predicted octanol–water partition coefficient (Wildman–Crippen LogP) is 4.26. The van der Waals surface area contributed by atoms with Crippen LogP contribution >= 0.6 is 0 Å². The van der Waals surface area contributed by atoms with Crippen molar-refractivity contribution in [1.82, 2.24) is 15.8 Å². The number of hydrogen-bond acceptors (Lipinski definition) is 5. The molecule has 0 bridgehead atoms. The lowest BCUT2D eigenvalue weighted by Gasteiger charge is -2.29. The van der Waals surface area contributed by atoms with Gasteiger partial charge in [-0.1, -0.05) is 44.2 Å². The number of nitrogens with zero attached hydrogens (tertiary/aromatic N) is 2. The maximum atomic E-state index is 13.4. The molecule has 0 spiro atoms. The molecule has 3 rings (SSSR count). The summed E-state index contributed by atoms with van der Waals surface area (Å²) >= 11 is 0. The molecular weight excluding hydrogens is 379 g/mol. The Labute approximate surface area is 170 Å². The molecule has 0 saturated carbocycles. The van der Waals surface area contributed by atoms with E-state index < -0.39 is 17.9 Å². The normalized spacial score (nSPS) is 15.6. The Kier molecular flexibility index (Phi) is 8.04. The van der Waals surface area contributed by atoms with Crippen LogP contribution in [0.5, 0.6) is 0 Å². The smallest absolute Gasteiger partial charge is 0.359 e. The summed E-state index contributed by atoms with van der Waals surface area (Å²) in [6, 6.07) is 12.9. The molecule has 158 valence electrons. The molecule has 1 heterocycles. The number of nitrogens with one attached hydrogen (secondary N) is 3. The van der Waals surface area contributed by atoms with Crippen LogP contribution in [0, 0.1) is 0 Å². The summed E-state index contributed by atoms with van der Waals surface area (Å²) in [6.07, 6.45) is -5.25. The number of rotatable bonds is 4. The van der Waals surface area contributed by atoms with E-state index in [4.69, 9.17) is 0 Å². The van der Waals surface area contributed by atoms with Gasteiger partial charge in [0.2, 0.25) is 0 Å². The highest BCUT2D eigenvalue weighted by Crippen LogP contribution is 2.37. The Morgan fingerprint density at radius 3 is 2.31 bits per heavy atom. The number of hydrazine groups is 1. The third-order valence-corrected chi connectivity index (χ3v) is 4.42. The minimum absolute atomic E-state index is 0.1000. The number of halogens is 3. The van der Waals surface area contributed by atoms with Gasteiger partial charge in [-0.05, 0) is 31.8 Å². The van der Waals surface area contributed by atoms with E-state index in [1.807, 2.05) is 50.3 Å². The van der Waals surface area contributed by atoms with Crippen LogP contribution in [0.15, 0.2) is 53.5 Å². The van der Waals surface area contributed by atoms with E-state index in [2.05, 4.69) is 28.0 Å². The highest BCUT2D eigenvalue weighted by molar-refractivity contribution is 6.04. The van der Waals surface area contributed by atoms with Crippen molar-refractivity contribution in [3.63, 3.8) is 0 Å². The zero-order valence-corrected chi connectivity index (χ0v) is 17.1. The van der Waals surface area contributed by atoms with E-state index in [0.717, 1.165) is 30.4 Å². The molecule has 0 amide bonds. The van der Waals surface area contributed by atoms with Gasteiger partial charge in [-0.25, -0.2) is 10.0 Å². The molecule has 0 saturated heterocycles. The molecule has 0 aromatic heterocycles. The number of alkyl halides is 3. The van der Waals surface area contributed by atoms with Gasteiger partial charge in [-0.15, -0.1) is 0 Å². The van der Waals surface area contributed by atoms with Crippen molar-refractivity contribution in [2.45, 2.75) is 26.2 Å². The van der Waals surface area contributed by atoms with Crippen LogP contribution in [-0.2, 0) is 6.18 Å². The molecule has 3 N–H and O–H groups in total. The Balaban J connectivity index is 0.000000687. The molecule has 1 aliphatic heterocycles. The summed E-state index contributed by atoms with van der Waals surface area (Å²) < 4.78 is 40.1. The number of fused-ring (bicyclic) bond motifs is 1. The lowest BCUT2D eigenvalue weighted by molar-refractivity contribution is -0.138. The van der Waals surface area contributed by atoms with Crippen LogP contribution in [0.4, 0.5) is 18.9 Å². The van der Waals surface area contributed by atoms with E-state index in [1.165, 1.54) is 12.1 Å². The zero-order valence-electron chi connectivity index (χ0n) is 17.1. The highest BCUT2D eigenvalue weighted by Gasteiger charge is 2.36. The molecule has 8 heteroatoms. The number of amidine groups is 1. The van der Waals surface area contributed by atoms with Gasteiger partial charge in [-0.2, -0.15) is 13.2 Å². The monoisotopic (exact) mass is 407 g/mol. The van der Waals surface area contributed by atoms with Crippen molar-refractivity contribution in [3.8, 4) is 0 Å². The highest BCUT2D eigenvalue weighted by atomic mass is 19.4. The molecule has 1 aliphatic rings. The summed E-state index contributed by atoms with van der Waals surface area (Å²) in [7, 11) is 3.78.